The minimum absolute atomic E-state index is 0.159. The lowest BCUT2D eigenvalue weighted by Gasteiger charge is -2.33. The lowest BCUT2D eigenvalue weighted by molar-refractivity contribution is -0.147. The van der Waals surface area contributed by atoms with Gasteiger partial charge in [0.2, 0.25) is 18.5 Å². The summed E-state index contributed by atoms with van der Waals surface area (Å²) in [5.74, 6) is 1.79. The summed E-state index contributed by atoms with van der Waals surface area (Å²) >= 11 is 0. The molecule has 1 amide bonds. The highest BCUT2D eigenvalue weighted by atomic mass is 16.6. The van der Waals surface area contributed by atoms with Gasteiger partial charge in [0.05, 0.1) is 65.3 Å². The number of imidazole rings is 2. The van der Waals surface area contributed by atoms with E-state index in [0.29, 0.717) is 25.3 Å². The molecule has 3 aromatic carbocycles. The minimum Gasteiger partial charge on any atom is -0.465 e. The topological polar surface area (TPSA) is 223 Å². The number of likely N-dealkylation sites (tertiary alicyclic amines) is 2. The van der Waals surface area contributed by atoms with Crippen LogP contribution in [0.5, 0.6) is 5.75 Å². The first-order valence-corrected chi connectivity index (χ1v) is 20.9. The number of aliphatic hydroxyl groups is 4. The van der Waals surface area contributed by atoms with Crippen LogP contribution >= 0.6 is 0 Å². The number of carbonyl (C=O) groups excluding carboxylic acids is 1. The number of nitrogens with one attached hydrogen (secondary N) is 3. The van der Waals surface area contributed by atoms with Gasteiger partial charge in [0.15, 0.2) is 0 Å². The highest BCUT2D eigenvalue weighted by Gasteiger charge is 2.39. The summed E-state index contributed by atoms with van der Waals surface area (Å²) in [6.07, 6.45) is 2.02. The summed E-state index contributed by atoms with van der Waals surface area (Å²) in [6, 6.07) is 22.5. The van der Waals surface area contributed by atoms with Crippen molar-refractivity contribution in [3.05, 3.63) is 102 Å². The summed E-state index contributed by atoms with van der Waals surface area (Å²) in [4.78, 5) is 33.7. The van der Waals surface area contributed by atoms with Crippen LogP contribution in [0.4, 0.5) is 0 Å². The normalized spacial score (nSPS) is 22.0. The first-order chi connectivity index (χ1) is 29.5. The largest absolute Gasteiger partial charge is 0.465 e. The van der Waals surface area contributed by atoms with Crippen molar-refractivity contribution in [3.8, 4) is 39.5 Å². The van der Waals surface area contributed by atoms with Gasteiger partial charge in [0, 0.05) is 47.8 Å². The number of aliphatic hydroxyl groups excluding tert-OH is 4. The van der Waals surface area contributed by atoms with Gasteiger partial charge in [-0.25, -0.2) is 9.97 Å². The average molecular weight is 832 g/mol. The molecule has 320 valence electrons. The molecule has 0 spiro atoms. The lowest BCUT2D eigenvalue weighted by Crippen LogP contribution is -2.55. The Morgan fingerprint density at radius 2 is 1.54 bits per heavy atom. The number of benzene rings is 3. The Labute approximate surface area is 353 Å². The smallest absolute Gasteiger partial charge is 0.243 e. The Kier molecular flexibility index (Phi) is 11.3. The highest BCUT2D eigenvalue weighted by molar-refractivity contribution is 5.92. The Morgan fingerprint density at radius 1 is 0.869 bits per heavy atom. The number of ether oxygens (including phenoxy) is 2. The molecule has 3 aliphatic heterocycles. The quantitative estimate of drug-likeness (QED) is 0.0771. The number of H-pyrrole nitrogens is 2. The van der Waals surface area contributed by atoms with E-state index in [1.807, 2.05) is 35.4 Å². The number of methoxy groups -OCH3 is 1. The van der Waals surface area contributed by atoms with Crippen LogP contribution in [0.25, 0.3) is 44.7 Å². The zero-order chi connectivity index (χ0) is 42.5. The van der Waals surface area contributed by atoms with Gasteiger partial charge in [-0.15, -0.1) is 0 Å². The summed E-state index contributed by atoms with van der Waals surface area (Å²) in [5, 5.41) is 45.1. The lowest BCUT2D eigenvalue weighted by atomic mass is 10.0. The number of aromatic nitrogens is 5. The van der Waals surface area contributed by atoms with E-state index >= 15 is 0 Å². The third kappa shape index (κ3) is 7.63. The van der Waals surface area contributed by atoms with E-state index < -0.39 is 43.2 Å². The molecule has 9 rings (SSSR count). The number of nitrogens with two attached hydrogens (primary N) is 1. The monoisotopic (exact) mass is 831 g/mol. The van der Waals surface area contributed by atoms with E-state index in [2.05, 4.69) is 68.4 Å². The van der Waals surface area contributed by atoms with Crippen LogP contribution in [0.1, 0.15) is 75.1 Å². The molecule has 0 radical (unpaired) electrons. The van der Waals surface area contributed by atoms with Crippen molar-refractivity contribution in [2.75, 3.05) is 20.2 Å². The second kappa shape index (κ2) is 16.8. The Hall–Kier alpha value is -5.43. The van der Waals surface area contributed by atoms with Crippen LogP contribution in [-0.2, 0) is 9.53 Å². The van der Waals surface area contributed by atoms with Crippen molar-refractivity contribution in [3.63, 3.8) is 0 Å². The number of rotatable bonds is 13. The van der Waals surface area contributed by atoms with Gasteiger partial charge >= 0.3 is 0 Å². The molecule has 9 N–H and O–H groups in total. The second-order valence-electron chi connectivity index (χ2n) is 16.4. The van der Waals surface area contributed by atoms with E-state index in [9.17, 15) is 25.2 Å². The number of aromatic amines is 2. The zero-order valence-electron chi connectivity index (χ0n) is 34.3. The van der Waals surface area contributed by atoms with E-state index in [-0.39, 0.29) is 18.0 Å². The number of amides is 1. The molecule has 16 heteroatoms. The molecule has 6 heterocycles. The van der Waals surface area contributed by atoms with Crippen molar-refractivity contribution in [1.82, 2.24) is 39.6 Å². The summed E-state index contributed by atoms with van der Waals surface area (Å²) in [5.41, 5.74) is 13.6. The van der Waals surface area contributed by atoms with Crippen LogP contribution in [0.2, 0.25) is 0 Å². The Bertz CT molecular complexity index is 2500. The molecular formula is C45H53N9O7. The molecule has 0 aliphatic carbocycles. The molecule has 3 aromatic heterocycles. The number of hydrogen-bond donors (Lipinski definition) is 8. The van der Waals surface area contributed by atoms with Gasteiger partial charge in [-0.1, -0.05) is 42.5 Å². The SMILES string of the molecule is COC(O)NC(C(=O)N1CCC[C@H]1c1ncc(-c2ccc3c(c2)cc2n3C(c3ccccc3)Oc3cc(-c4cnc(C5CCCN5C(O)[C@@H](N)[C@H](C)O)[nH]4)ccc3-2)[nH]1)[C@H](C)O. The summed E-state index contributed by atoms with van der Waals surface area (Å²) in [7, 11) is 1.31. The van der Waals surface area contributed by atoms with Crippen LogP contribution in [-0.4, -0.2) is 118 Å². The maximum Gasteiger partial charge on any atom is 0.243 e. The highest BCUT2D eigenvalue weighted by Crippen LogP contribution is 2.46. The fourth-order valence-electron chi connectivity index (χ4n) is 9.18. The molecule has 0 bridgehead atoms. The van der Waals surface area contributed by atoms with Gasteiger partial charge < -0.3 is 55.1 Å². The van der Waals surface area contributed by atoms with Crippen molar-refractivity contribution in [2.45, 2.75) is 94.8 Å². The van der Waals surface area contributed by atoms with Crippen molar-refractivity contribution >= 4 is 16.8 Å². The average Bonchev–Trinajstić information content (AvgIpc) is 4.13. The molecular weight excluding hydrogens is 779 g/mol. The number of fused-ring (bicyclic) bond motifs is 5. The standard InChI is InChI=1S/C45H53N9O7/c1-24(55)38(46)42(57)52-17-7-11-34(52)40-48-23-32(50-40)28-13-15-30-36-20-29-19-27(14-16-33(29)54(36)44(61-37(30)21-28)26-9-5-4-6-10-26)31-22-47-41(49-31)35-12-8-18-53(35)43(58)39(25(2)56)51-45(59)60-3/h4-6,9-10,13-16,19-25,34-35,38-39,42,44-45,51,55-57,59H,7-8,11-12,17-18,46H2,1-3H3,(H,47,49)(H,48,50)/t24-,25-,34?,35-,38-,39?,42?,44?,45?/m0/s1. The molecule has 3 aliphatic rings. The molecule has 2 saturated heterocycles. The van der Waals surface area contributed by atoms with E-state index in [1.54, 1.807) is 18.0 Å². The van der Waals surface area contributed by atoms with Gasteiger partial charge in [0.25, 0.3) is 0 Å². The van der Waals surface area contributed by atoms with Crippen LogP contribution in [0, 0.1) is 0 Å². The van der Waals surface area contributed by atoms with Gasteiger partial charge in [-0.2, -0.15) is 0 Å². The first-order valence-electron chi connectivity index (χ1n) is 20.9. The van der Waals surface area contributed by atoms with E-state index in [4.69, 9.17) is 25.2 Å². The van der Waals surface area contributed by atoms with Crippen molar-refractivity contribution in [1.29, 1.82) is 0 Å². The number of carbonyl (C=O) groups is 1. The molecule has 16 nitrogen and oxygen atoms in total. The predicted octanol–water partition coefficient (Wildman–Crippen LogP) is 4.12. The molecule has 61 heavy (non-hydrogen) atoms. The Balaban J connectivity index is 1.01. The fraction of sp³-hybridized carbons (Fsp3) is 0.400. The first kappa shape index (κ1) is 40.9. The fourth-order valence-corrected chi connectivity index (χ4v) is 9.18. The number of nitrogens with zero attached hydrogens (tertiary/aromatic N) is 5. The second-order valence-corrected chi connectivity index (χ2v) is 16.4. The third-order valence-electron chi connectivity index (χ3n) is 12.5. The molecule has 0 saturated carbocycles. The minimum atomic E-state index is -1.40. The third-order valence-corrected chi connectivity index (χ3v) is 12.5. The molecule has 9 atom stereocenters. The van der Waals surface area contributed by atoms with Crippen molar-refractivity contribution < 1.29 is 34.7 Å². The summed E-state index contributed by atoms with van der Waals surface area (Å²) < 4.78 is 14.0. The van der Waals surface area contributed by atoms with E-state index in [1.165, 1.54) is 14.0 Å². The molecule has 5 unspecified atom stereocenters. The molecule has 6 aromatic rings. The maximum atomic E-state index is 13.6. The van der Waals surface area contributed by atoms with Crippen LogP contribution in [0.3, 0.4) is 0 Å². The van der Waals surface area contributed by atoms with Gasteiger partial charge in [-0.3, -0.25) is 15.0 Å². The number of hydrogen-bond acceptors (Lipinski definition) is 12. The Morgan fingerprint density at radius 3 is 2.25 bits per heavy atom. The van der Waals surface area contributed by atoms with Gasteiger partial charge in [-0.05, 0) is 69.9 Å². The predicted molar refractivity (Wildman–Crippen MR) is 227 cm³/mol. The van der Waals surface area contributed by atoms with E-state index in [0.717, 1.165) is 81.1 Å². The van der Waals surface area contributed by atoms with Crippen molar-refractivity contribution in [2.24, 2.45) is 5.73 Å². The van der Waals surface area contributed by atoms with Gasteiger partial charge in [0.1, 0.15) is 29.7 Å². The van der Waals surface area contributed by atoms with Crippen LogP contribution in [0.15, 0.2) is 85.2 Å². The zero-order valence-corrected chi connectivity index (χ0v) is 34.3. The maximum absolute atomic E-state index is 13.6. The summed E-state index contributed by atoms with van der Waals surface area (Å²) in [6.45, 7) is 4.24. The molecule has 2 fully saturated rings. The van der Waals surface area contributed by atoms with Crippen LogP contribution < -0.4 is 15.8 Å².